The van der Waals surface area contributed by atoms with E-state index < -0.39 is 0 Å². The Bertz CT molecular complexity index is 459. The van der Waals surface area contributed by atoms with Crippen LogP contribution in [0.2, 0.25) is 0 Å². The first-order chi connectivity index (χ1) is 8.15. The molecule has 1 aromatic carbocycles. The van der Waals surface area contributed by atoms with Crippen LogP contribution in [0.5, 0.6) is 0 Å². The van der Waals surface area contributed by atoms with Gasteiger partial charge in [0.1, 0.15) is 11.6 Å². The van der Waals surface area contributed by atoms with Crippen molar-refractivity contribution in [1.82, 2.24) is 0 Å². The van der Waals surface area contributed by atoms with Crippen molar-refractivity contribution >= 4 is 0 Å². The zero-order valence-electron chi connectivity index (χ0n) is 9.82. The highest BCUT2D eigenvalue weighted by molar-refractivity contribution is 5.26. The van der Waals surface area contributed by atoms with Crippen LogP contribution in [-0.4, -0.2) is 0 Å². The Labute approximate surface area is 100 Å². The van der Waals surface area contributed by atoms with Crippen molar-refractivity contribution in [3.63, 3.8) is 0 Å². The second-order valence-electron chi connectivity index (χ2n) is 4.29. The van der Waals surface area contributed by atoms with Crippen LogP contribution in [0.25, 0.3) is 0 Å². The number of hydrogen-bond donors (Lipinski definition) is 1. The lowest BCUT2D eigenvalue weighted by molar-refractivity contribution is 0.488. The van der Waals surface area contributed by atoms with E-state index in [4.69, 9.17) is 10.2 Å². The number of hydrogen-bond acceptors (Lipinski definition) is 2. The van der Waals surface area contributed by atoms with Crippen LogP contribution in [-0.2, 0) is 6.42 Å². The first-order valence-electron chi connectivity index (χ1n) is 5.70. The second-order valence-corrected chi connectivity index (χ2v) is 4.29. The molecule has 90 valence electrons. The van der Waals surface area contributed by atoms with Crippen LogP contribution in [0.4, 0.5) is 4.39 Å². The molecule has 3 heteroatoms. The number of furan rings is 1. The predicted octanol–water partition coefficient (Wildman–Crippen LogP) is 3.36. The predicted molar refractivity (Wildman–Crippen MR) is 65.1 cm³/mol. The average Bonchev–Trinajstić information content (AvgIpc) is 2.77. The van der Waals surface area contributed by atoms with Gasteiger partial charge in [0, 0.05) is 12.5 Å². The van der Waals surface area contributed by atoms with Gasteiger partial charge in [0.15, 0.2) is 0 Å². The first-order valence-corrected chi connectivity index (χ1v) is 5.70. The Balaban J connectivity index is 2.01. The molecule has 0 aliphatic rings. The Morgan fingerprint density at radius 2 is 2.18 bits per heavy atom. The van der Waals surface area contributed by atoms with Crippen molar-refractivity contribution in [1.29, 1.82) is 0 Å². The second kappa shape index (κ2) is 5.15. The van der Waals surface area contributed by atoms with Crippen LogP contribution in [0.1, 0.15) is 29.3 Å². The van der Waals surface area contributed by atoms with Gasteiger partial charge >= 0.3 is 0 Å². The fourth-order valence-electron chi connectivity index (χ4n) is 1.90. The van der Waals surface area contributed by atoms with E-state index in [2.05, 4.69) is 0 Å². The van der Waals surface area contributed by atoms with Gasteiger partial charge in [-0.05, 0) is 48.7 Å². The molecule has 0 amide bonds. The summed E-state index contributed by atoms with van der Waals surface area (Å²) >= 11 is 0. The lowest BCUT2D eigenvalue weighted by Gasteiger charge is -2.12. The smallest absolute Gasteiger partial charge is 0.123 e. The Morgan fingerprint density at radius 1 is 1.35 bits per heavy atom. The number of aryl methyl sites for hydroxylation is 2. The van der Waals surface area contributed by atoms with Crippen molar-refractivity contribution in [2.75, 3.05) is 0 Å². The van der Waals surface area contributed by atoms with Gasteiger partial charge in [-0.15, -0.1) is 0 Å². The van der Waals surface area contributed by atoms with Gasteiger partial charge in [0.05, 0.1) is 6.26 Å². The monoisotopic (exact) mass is 233 g/mol. The molecular weight excluding hydrogens is 217 g/mol. The summed E-state index contributed by atoms with van der Waals surface area (Å²) in [5.41, 5.74) is 7.78. The molecule has 0 aliphatic carbocycles. The number of rotatable bonds is 4. The van der Waals surface area contributed by atoms with Gasteiger partial charge < -0.3 is 10.2 Å². The fourth-order valence-corrected chi connectivity index (χ4v) is 1.90. The molecule has 0 bridgehead atoms. The molecule has 2 rings (SSSR count). The van der Waals surface area contributed by atoms with Gasteiger partial charge in [-0.1, -0.05) is 6.07 Å². The summed E-state index contributed by atoms with van der Waals surface area (Å²) in [5, 5.41) is 0. The summed E-state index contributed by atoms with van der Waals surface area (Å²) in [6.45, 7) is 1.87. The van der Waals surface area contributed by atoms with Crippen molar-refractivity contribution in [3.8, 4) is 0 Å². The maximum absolute atomic E-state index is 13.2. The lowest BCUT2D eigenvalue weighted by Crippen LogP contribution is -2.11. The molecular formula is C14H16FNO. The topological polar surface area (TPSA) is 39.2 Å². The van der Waals surface area contributed by atoms with Gasteiger partial charge in [0.25, 0.3) is 0 Å². The third-order valence-corrected chi connectivity index (χ3v) is 2.77. The molecule has 17 heavy (non-hydrogen) atoms. The third kappa shape index (κ3) is 3.17. The summed E-state index contributed by atoms with van der Waals surface area (Å²) in [6.07, 6.45) is 3.16. The zero-order chi connectivity index (χ0) is 12.3. The highest BCUT2D eigenvalue weighted by Crippen LogP contribution is 2.19. The SMILES string of the molecule is Cc1cc(F)cc(C(N)CCc2ccco2)c1. The Hall–Kier alpha value is -1.61. The van der Waals surface area contributed by atoms with Crippen LogP contribution >= 0.6 is 0 Å². The molecule has 1 heterocycles. The summed E-state index contributed by atoms with van der Waals surface area (Å²) in [5.74, 6) is 0.682. The molecule has 2 nitrogen and oxygen atoms in total. The van der Waals surface area contributed by atoms with Gasteiger partial charge in [-0.3, -0.25) is 0 Å². The Morgan fingerprint density at radius 3 is 2.82 bits per heavy atom. The summed E-state index contributed by atoms with van der Waals surface area (Å²) < 4.78 is 18.5. The number of nitrogens with two attached hydrogens (primary N) is 1. The number of halogens is 1. The minimum atomic E-state index is -0.228. The minimum Gasteiger partial charge on any atom is -0.469 e. The van der Waals surface area contributed by atoms with Crippen LogP contribution < -0.4 is 5.73 Å². The molecule has 0 radical (unpaired) electrons. The van der Waals surface area contributed by atoms with Crippen molar-refractivity contribution in [3.05, 3.63) is 59.3 Å². The van der Waals surface area contributed by atoms with Crippen LogP contribution in [0, 0.1) is 12.7 Å². The van der Waals surface area contributed by atoms with Gasteiger partial charge in [-0.25, -0.2) is 4.39 Å². The van der Waals surface area contributed by atoms with E-state index in [9.17, 15) is 4.39 Å². The van der Waals surface area contributed by atoms with Gasteiger partial charge in [-0.2, -0.15) is 0 Å². The fraction of sp³-hybridized carbons (Fsp3) is 0.286. The van der Waals surface area contributed by atoms with Crippen LogP contribution in [0.3, 0.4) is 0 Å². The van der Waals surface area contributed by atoms with Crippen molar-refractivity contribution < 1.29 is 8.81 Å². The molecule has 2 N–H and O–H groups in total. The molecule has 1 aromatic heterocycles. The third-order valence-electron chi connectivity index (χ3n) is 2.77. The largest absolute Gasteiger partial charge is 0.469 e. The minimum absolute atomic E-state index is 0.158. The molecule has 1 unspecified atom stereocenters. The summed E-state index contributed by atoms with van der Waals surface area (Å²) in [6, 6.07) is 8.55. The highest BCUT2D eigenvalue weighted by Gasteiger charge is 2.09. The van der Waals surface area contributed by atoms with E-state index in [0.717, 1.165) is 29.7 Å². The van der Waals surface area contributed by atoms with E-state index in [0.29, 0.717) is 0 Å². The first kappa shape index (κ1) is 11.9. The maximum Gasteiger partial charge on any atom is 0.123 e. The van der Waals surface area contributed by atoms with Crippen LogP contribution in [0.15, 0.2) is 41.0 Å². The van der Waals surface area contributed by atoms with Crippen molar-refractivity contribution in [2.24, 2.45) is 5.73 Å². The lowest BCUT2D eigenvalue weighted by atomic mass is 10.0. The molecule has 0 saturated carbocycles. The standard InChI is InChI=1S/C14H16FNO/c1-10-7-11(9-12(15)8-10)14(16)5-4-13-3-2-6-17-13/h2-3,6-9,14H,4-5,16H2,1H3. The Kier molecular flexibility index (Phi) is 3.59. The zero-order valence-corrected chi connectivity index (χ0v) is 9.82. The molecule has 0 saturated heterocycles. The highest BCUT2D eigenvalue weighted by atomic mass is 19.1. The van der Waals surface area contributed by atoms with E-state index in [1.807, 2.05) is 25.1 Å². The molecule has 0 fully saturated rings. The molecule has 2 aromatic rings. The van der Waals surface area contributed by atoms with E-state index in [1.54, 1.807) is 6.26 Å². The maximum atomic E-state index is 13.2. The molecule has 1 atom stereocenters. The number of benzene rings is 1. The summed E-state index contributed by atoms with van der Waals surface area (Å²) in [7, 11) is 0. The molecule has 0 aliphatic heterocycles. The summed E-state index contributed by atoms with van der Waals surface area (Å²) in [4.78, 5) is 0. The van der Waals surface area contributed by atoms with Gasteiger partial charge in [0.2, 0.25) is 0 Å². The quantitative estimate of drug-likeness (QED) is 0.879. The normalized spacial score (nSPS) is 12.6. The van der Waals surface area contributed by atoms with Crippen molar-refractivity contribution in [2.45, 2.75) is 25.8 Å². The van der Waals surface area contributed by atoms with E-state index in [1.165, 1.54) is 12.1 Å². The molecule has 0 spiro atoms. The average molecular weight is 233 g/mol. The van der Waals surface area contributed by atoms with E-state index in [-0.39, 0.29) is 11.9 Å². The van der Waals surface area contributed by atoms with E-state index >= 15 is 0 Å².